The molecule has 0 unspecified atom stereocenters. The fourth-order valence-electron chi connectivity index (χ4n) is 0.902. The molecule has 11 heavy (non-hydrogen) atoms. The number of aromatic nitrogens is 2. The lowest BCUT2D eigenvalue weighted by Gasteiger charge is -1.84. The van der Waals surface area contributed by atoms with Gasteiger partial charge in [0.05, 0.1) is 5.39 Å². The van der Waals surface area contributed by atoms with Crippen LogP contribution in [0.5, 0.6) is 0 Å². The van der Waals surface area contributed by atoms with Gasteiger partial charge < -0.3 is 0 Å². The van der Waals surface area contributed by atoms with Crippen LogP contribution in [0.25, 0.3) is 10.1 Å². The Kier molecular flexibility index (Phi) is 1.19. The van der Waals surface area contributed by atoms with Gasteiger partial charge in [-0.25, -0.2) is 0 Å². The summed E-state index contributed by atoms with van der Waals surface area (Å²) in [4.78, 5) is 21.9. The minimum absolute atomic E-state index is 0.241. The summed E-state index contributed by atoms with van der Waals surface area (Å²) in [6.07, 6.45) is 0. The predicted octanol–water partition coefficient (Wildman–Crippen LogP) is 0.278. The zero-order valence-electron chi connectivity index (χ0n) is 5.38. The molecule has 0 aliphatic rings. The molecule has 5 heteroatoms. The van der Waals surface area contributed by atoms with Gasteiger partial charge in [0, 0.05) is 0 Å². The Balaban J connectivity index is 3.21. The van der Waals surface area contributed by atoms with Gasteiger partial charge in [-0.1, -0.05) is 0 Å². The molecule has 2 aromatic rings. The molecule has 0 aromatic carbocycles. The van der Waals surface area contributed by atoms with Crippen LogP contribution in [-0.2, 0) is 0 Å². The van der Waals surface area contributed by atoms with E-state index in [9.17, 15) is 9.59 Å². The Morgan fingerprint density at radius 3 is 2.64 bits per heavy atom. The number of rotatable bonds is 0. The van der Waals surface area contributed by atoms with Crippen LogP contribution in [0.3, 0.4) is 0 Å². The smallest absolute Gasteiger partial charge is 0.267 e. The first-order valence-corrected chi connectivity index (χ1v) is 3.85. The van der Waals surface area contributed by atoms with Gasteiger partial charge in [-0.2, -0.15) is 0 Å². The van der Waals surface area contributed by atoms with Crippen LogP contribution in [0.15, 0.2) is 21.0 Å². The molecule has 2 rings (SSSR count). The van der Waals surface area contributed by atoms with Crippen molar-refractivity contribution >= 4 is 21.4 Å². The summed E-state index contributed by atoms with van der Waals surface area (Å²) in [6, 6.07) is 1.63. The summed E-state index contributed by atoms with van der Waals surface area (Å²) in [6.45, 7) is 0. The van der Waals surface area contributed by atoms with Crippen LogP contribution in [0.1, 0.15) is 0 Å². The summed E-state index contributed by atoms with van der Waals surface area (Å²) in [7, 11) is 0. The average molecular weight is 168 g/mol. The molecule has 2 heterocycles. The Morgan fingerprint density at radius 2 is 1.91 bits per heavy atom. The number of nitrogens with one attached hydrogen (secondary N) is 2. The molecule has 2 N–H and O–H groups in total. The lowest BCUT2D eigenvalue weighted by atomic mass is 10.4. The van der Waals surface area contributed by atoms with Crippen molar-refractivity contribution in [2.75, 3.05) is 0 Å². The number of fused-ring (bicyclic) bond motifs is 1. The van der Waals surface area contributed by atoms with E-state index in [4.69, 9.17) is 0 Å². The lowest BCUT2D eigenvalue weighted by Crippen LogP contribution is -2.16. The minimum Gasteiger partial charge on any atom is -0.267 e. The van der Waals surface area contributed by atoms with Crippen molar-refractivity contribution in [3.63, 3.8) is 0 Å². The van der Waals surface area contributed by atoms with Gasteiger partial charge >= 0.3 is 0 Å². The molecule has 0 aliphatic carbocycles. The molecule has 2 aromatic heterocycles. The number of H-pyrrole nitrogens is 2. The first-order chi connectivity index (χ1) is 5.29. The summed E-state index contributed by atoms with van der Waals surface area (Å²) >= 11 is 1.26. The molecule has 4 nitrogen and oxygen atoms in total. The molecular weight excluding hydrogens is 164 g/mol. The highest BCUT2D eigenvalue weighted by molar-refractivity contribution is 7.17. The molecule has 0 spiro atoms. The third kappa shape index (κ3) is 0.813. The monoisotopic (exact) mass is 168 g/mol. The number of aromatic amines is 2. The molecule has 0 bridgehead atoms. The van der Waals surface area contributed by atoms with E-state index in [1.807, 2.05) is 0 Å². The third-order valence-corrected chi connectivity index (χ3v) is 2.32. The van der Waals surface area contributed by atoms with Crippen molar-refractivity contribution in [3.8, 4) is 0 Å². The predicted molar refractivity (Wildman–Crippen MR) is 43.1 cm³/mol. The van der Waals surface area contributed by atoms with E-state index in [0.717, 1.165) is 0 Å². The van der Waals surface area contributed by atoms with Gasteiger partial charge in [-0.05, 0) is 11.4 Å². The minimum atomic E-state index is -0.249. The Labute approximate surface area is 64.5 Å². The second-order valence-corrected chi connectivity index (χ2v) is 2.99. The lowest BCUT2D eigenvalue weighted by molar-refractivity contribution is 0.980. The van der Waals surface area contributed by atoms with Crippen LogP contribution >= 0.6 is 11.3 Å². The van der Waals surface area contributed by atoms with Gasteiger partial charge in [0.25, 0.3) is 11.1 Å². The van der Waals surface area contributed by atoms with Gasteiger partial charge in [0.15, 0.2) is 0 Å². The van der Waals surface area contributed by atoms with E-state index in [2.05, 4.69) is 10.2 Å². The maximum Gasteiger partial charge on any atom is 0.280 e. The Hall–Kier alpha value is -1.36. The first kappa shape index (κ1) is 6.36. The number of hydrogen-bond acceptors (Lipinski definition) is 3. The molecule has 0 aliphatic heterocycles. The van der Waals surface area contributed by atoms with Gasteiger partial charge in [0.1, 0.15) is 4.70 Å². The zero-order chi connectivity index (χ0) is 7.84. The van der Waals surface area contributed by atoms with Crippen molar-refractivity contribution in [2.45, 2.75) is 0 Å². The van der Waals surface area contributed by atoms with Crippen molar-refractivity contribution in [2.24, 2.45) is 0 Å². The van der Waals surface area contributed by atoms with Crippen LogP contribution in [0.4, 0.5) is 0 Å². The van der Waals surface area contributed by atoms with Crippen molar-refractivity contribution in [1.29, 1.82) is 0 Å². The molecule has 0 fully saturated rings. The van der Waals surface area contributed by atoms with Gasteiger partial charge in [-0.3, -0.25) is 19.8 Å². The fraction of sp³-hybridized carbons (Fsp3) is 0. The first-order valence-electron chi connectivity index (χ1n) is 2.97. The topological polar surface area (TPSA) is 65.7 Å². The number of hydrogen-bond donors (Lipinski definition) is 2. The van der Waals surface area contributed by atoms with Gasteiger partial charge in [-0.15, -0.1) is 11.3 Å². The van der Waals surface area contributed by atoms with E-state index in [1.165, 1.54) is 11.3 Å². The highest BCUT2D eigenvalue weighted by Gasteiger charge is 2.01. The number of thiophene rings is 1. The molecule has 0 atom stereocenters. The Bertz CT molecular complexity index is 449. The summed E-state index contributed by atoms with van der Waals surface area (Å²) < 4.78 is 0.480. The zero-order valence-corrected chi connectivity index (χ0v) is 6.20. The fourth-order valence-corrected chi connectivity index (χ4v) is 1.69. The largest absolute Gasteiger partial charge is 0.280 e. The molecule has 0 amide bonds. The normalized spacial score (nSPS) is 10.5. The van der Waals surface area contributed by atoms with E-state index < -0.39 is 0 Å². The summed E-state index contributed by atoms with van der Waals surface area (Å²) in [5, 5.41) is 6.66. The average Bonchev–Trinajstić information content (AvgIpc) is 2.45. The quantitative estimate of drug-likeness (QED) is 0.593. The third-order valence-electron chi connectivity index (χ3n) is 1.41. The summed E-state index contributed by atoms with van der Waals surface area (Å²) in [5.74, 6) is 0. The standard InChI is InChI=1S/C6H4N2O2S/c9-5-3-1-2-11-4(3)6(10)8-7-5/h1-2H,(H,7,9)(H,8,10). The van der Waals surface area contributed by atoms with Crippen molar-refractivity contribution in [3.05, 3.63) is 32.2 Å². The van der Waals surface area contributed by atoms with Crippen LogP contribution in [-0.4, -0.2) is 10.2 Å². The maximum absolute atomic E-state index is 11.0. The van der Waals surface area contributed by atoms with Crippen molar-refractivity contribution < 1.29 is 0 Å². The molecule has 56 valence electrons. The highest BCUT2D eigenvalue weighted by atomic mass is 32.1. The summed E-state index contributed by atoms with van der Waals surface area (Å²) in [5.41, 5.74) is -0.490. The molecule has 0 saturated heterocycles. The van der Waals surface area contributed by atoms with E-state index in [0.29, 0.717) is 10.1 Å². The van der Waals surface area contributed by atoms with E-state index in [1.54, 1.807) is 11.4 Å². The molecular formula is C6H4N2O2S. The highest BCUT2D eigenvalue weighted by Crippen LogP contribution is 2.10. The Morgan fingerprint density at radius 1 is 1.18 bits per heavy atom. The van der Waals surface area contributed by atoms with Crippen LogP contribution in [0, 0.1) is 0 Å². The van der Waals surface area contributed by atoms with E-state index >= 15 is 0 Å². The van der Waals surface area contributed by atoms with Gasteiger partial charge in [0.2, 0.25) is 0 Å². The maximum atomic E-state index is 11.0. The van der Waals surface area contributed by atoms with Crippen molar-refractivity contribution in [1.82, 2.24) is 10.2 Å². The second kappa shape index (κ2) is 2.06. The molecule has 0 saturated carbocycles. The second-order valence-electron chi connectivity index (χ2n) is 2.07. The SMILES string of the molecule is O=c1[nH][nH]c(=O)c2sccc12. The van der Waals surface area contributed by atoms with Crippen LogP contribution < -0.4 is 11.1 Å². The molecule has 0 radical (unpaired) electrons. The van der Waals surface area contributed by atoms with Crippen LogP contribution in [0.2, 0.25) is 0 Å². The van der Waals surface area contributed by atoms with E-state index in [-0.39, 0.29) is 11.1 Å².